The second kappa shape index (κ2) is 3.94. The van der Waals surface area contributed by atoms with E-state index in [0.717, 1.165) is 5.82 Å². The molecule has 1 heterocycles. The summed E-state index contributed by atoms with van der Waals surface area (Å²) in [5.74, 6) is 6.74. The van der Waals surface area contributed by atoms with Crippen LogP contribution in [0, 0.1) is 5.41 Å². The van der Waals surface area contributed by atoms with Gasteiger partial charge in [-0.2, -0.15) is 0 Å². The second-order valence-electron chi connectivity index (χ2n) is 4.86. The van der Waals surface area contributed by atoms with Crippen molar-refractivity contribution >= 4 is 0 Å². The number of hydrazine groups is 1. The molecular weight excluding hydrogens is 188 g/mol. The van der Waals surface area contributed by atoms with E-state index in [0.29, 0.717) is 0 Å². The predicted octanol–water partition coefficient (Wildman–Crippen LogP) is 1.50. The van der Waals surface area contributed by atoms with Gasteiger partial charge in [-0.1, -0.05) is 19.8 Å². The summed E-state index contributed by atoms with van der Waals surface area (Å²) in [4.78, 5) is 4.40. The molecule has 1 saturated carbocycles. The van der Waals surface area contributed by atoms with Gasteiger partial charge in [-0.3, -0.25) is 5.84 Å². The van der Waals surface area contributed by atoms with Crippen LogP contribution in [0.25, 0.3) is 0 Å². The summed E-state index contributed by atoms with van der Waals surface area (Å²) in [5.41, 5.74) is 3.20. The lowest BCUT2D eigenvalue weighted by Crippen LogP contribution is -2.40. The largest absolute Gasteiger partial charge is 0.337 e. The Kier molecular flexibility index (Phi) is 2.80. The van der Waals surface area contributed by atoms with Gasteiger partial charge in [0.05, 0.1) is 6.04 Å². The van der Waals surface area contributed by atoms with Crippen molar-refractivity contribution in [3.8, 4) is 0 Å². The molecule has 0 aromatic carbocycles. The van der Waals surface area contributed by atoms with Crippen LogP contribution < -0.4 is 11.3 Å². The van der Waals surface area contributed by atoms with E-state index in [9.17, 15) is 0 Å². The maximum Gasteiger partial charge on any atom is 0.127 e. The highest BCUT2D eigenvalue weighted by atomic mass is 15.3. The molecule has 0 aliphatic heterocycles. The Bertz CT molecular complexity index is 325. The van der Waals surface area contributed by atoms with E-state index < -0.39 is 0 Å². The number of aryl methyl sites for hydroxylation is 1. The van der Waals surface area contributed by atoms with E-state index >= 15 is 0 Å². The molecule has 84 valence electrons. The van der Waals surface area contributed by atoms with Gasteiger partial charge in [0.1, 0.15) is 5.82 Å². The summed E-state index contributed by atoms with van der Waals surface area (Å²) in [6.45, 7) is 2.30. The van der Waals surface area contributed by atoms with Gasteiger partial charge in [0.25, 0.3) is 0 Å². The first-order valence-electron chi connectivity index (χ1n) is 5.61. The molecule has 15 heavy (non-hydrogen) atoms. The van der Waals surface area contributed by atoms with Crippen LogP contribution in [0.2, 0.25) is 0 Å². The fraction of sp³-hybridized carbons (Fsp3) is 0.727. The lowest BCUT2D eigenvalue weighted by Gasteiger charge is -2.32. The molecule has 1 aromatic heterocycles. The summed E-state index contributed by atoms with van der Waals surface area (Å²) < 4.78 is 2.05. The molecule has 0 saturated heterocycles. The van der Waals surface area contributed by atoms with Crippen LogP contribution in [0.5, 0.6) is 0 Å². The van der Waals surface area contributed by atoms with E-state index in [1.54, 1.807) is 0 Å². The SMILES string of the molecule is Cn1ccnc1C(NN)C1(C)CCCC1. The van der Waals surface area contributed by atoms with Crippen LogP contribution in [-0.2, 0) is 7.05 Å². The van der Waals surface area contributed by atoms with Crippen molar-refractivity contribution in [2.24, 2.45) is 18.3 Å². The van der Waals surface area contributed by atoms with Crippen LogP contribution in [0.15, 0.2) is 12.4 Å². The van der Waals surface area contributed by atoms with Crippen molar-refractivity contribution in [3.05, 3.63) is 18.2 Å². The van der Waals surface area contributed by atoms with Gasteiger partial charge < -0.3 is 4.57 Å². The standard InChI is InChI=1S/C11H20N4/c1-11(5-3-4-6-11)9(14-12)10-13-7-8-15(10)2/h7-9,14H,3-6,12H2,1-2H3. The van der Waals surface area contributed by atoms with Crippen LogP contribution >= 0.6 is 0 Å². The highest BCUT2D eigenvalue weighted by molar-refractivity contribution is 5.05. The molecule has 1 fully saturated rings. The van der Waals surface area contributed by atoms with Crippen molar-refractivity contribution in [1.82, 2.24) is 15.0 Å². The predicted molar refractivity (Wildman–Crippen MR) is 59.8 cm³/mol. The normalized spacial score (nSPS) is 21.8. The highest BCUT2D eigenvalue weighted by Crippen LogP contribution is 2.46. The second-order valence-corrected chi connectivity index (χ2v) is 4.86. The maximum atomic E-state index is 5.69. The van der Waals surface area contributed by atoms with E-state index in [1.165, 1.54) is 25.7 Å². The molecule has 0 spiro atoms. The summed E-state index contributed by atoms with van der Waals surface area (Å²) in [5, 5.41) is 0. The summed E-state index contributed by atoms with van der Waals surface area (Å²) in [7, 11) is 2.02. The molecule has 4 heteroatoms. The number of nitrogens with zero attached hydrogens (tertiary/aromatic N) is 2. The zero-order valence-corrected chi connectivity index (χ0v) is 9.53. The number of hydrogen-bond donors (Lipinski definition) is 2. The average Bonchev–Trinajstić information content (AvgIpc) is 2.79. The maximum absolute atomic E-state index is 5.69. The Labute approximate surface area is 90.8 Å². The number of imidazole rings is 1. The topological polar surface area (TPSA) is 55.9 Å². The van der Waals surface area contributed by atoms with Gasteiger partial charge in [-0.15, -0.1) is 0 Å². The molecule has 3 N–H and O–H groups in total. The zero-order chi connectivity index (χ0) is 10.9. The van der Waals surface area contributed by atoms with Gasteiger partial charge >= 0.3 is 0 Å². The third kappa shape index (κ3) is 1.79. The minimum Gasteiger partial charge on any atom is -0.337 e. The number of hydrogen-bond acceptors (Lipinski definition) is 3. The number of aromatic nitrogens is 2. The molecule has 1 aliphatic rings. The van der Waals surface area contributed by atoms with Crippen LogP contribution in [0.1, 0.15) is 44.5 Å². The van der Waals surface area contributed by atoms with Crippen LogP contribution in [-0.4, -0.2) is 9.55 Å². The molecule has 0 amide bonds. The van der Waals surface area contributed by atoms with Gasteiger partial charge in [0.15, 0.2) is 0 Å². The number of rotatable bonds is 3. The van der Waals surface area contributed by atoms with Crippen molar-refractivity contribution in [1.29, 1.82) is 0 Å². The first-order chi connectivity index (χ1) is 7.17. The molecule has 4 nitrogen and oxygen atoms in total. The molecular formula is C11H20N4. The summed E-state index contributed by atoms with van der Waals surface area (Å²) in [6.07, 6.45) is 8.87. The Balaban J connectivity index is 2.27. The van der Waals surface area contributed by atoms with E-state index in [4.69, 9.17) is 5.84 Å². The molecule has 1 atom stereocenters. The Hall–Kier alpha value is -0.870. The monoisotopic (exact) mass is 208 g/mol. The Morgan fingerprint density at radius 3 is 2.67 bits per heavy atom. The zero-order valence-electron chi connectivity index (χ0n) is 9.53. The fourth-order valence-electron chi connectivity index (χ4n) is 2.71. The minimum absolute atomic E-state index is 0.167. The fourth-order valence-corrected chi connectivity index (χ4v) is 2.71. The number of nitrogens with one attached hydrogen (secondary N) is 1. The Morgan fingerprint density at radius 2 is 2.20 bits per heavy atom. The van der Waals surface area contributed by atoms with Crippen molar-refractivity contribution in [2.75, 3.05) is 0 Å². The van der Waals surface area contributed by atoms with Crippen molar-refractivity contribution in [2.45, 2.75) is 38.6 Å². The third-order valence-corrected chi connectivity index (χ3v) is 3.73. The lowest BCUT2D eigenvalue weighted by atomic mass is 9.80. The third-order valence-electron chi connectivity index (χ3n) is 3.73. The first-order valence-corrected chi connectivity index (χ1v) is 5.61. The number of nitrogens with two attached hydrogens (primary N) is 1. The van der Waals surface area contributed by atoms with E-state index in [2.05, 4.69) is 17.3 Å². The van der Waals surface area contributed by atoms with Crippen LogP contribution in [0.3, 0.4) is 0 Å². The van der Waals surface area contributed by atoms with Gasteiger partial charge in [-0.05, 0) is 18.3 Å². The highest BCUT2D eigenvalue weighted by Gasteiger charge is 2.39. The summed E-state index contributed by atoms with van der Waals surface area (Å²) >= 11 is 0. The molecule has 1 unspecified atom stereocenters. The first kappa shape index (κ1) is 10.6. The quantitative estimate of drug-likeness (QED) is 0.584. The van der Waals surface area contributed by atoms with Crippen molar-refractivity contribution < 1.29 is 0 Å². The van der Waals surface area contributed by atoms with Crippen LogP contribution in [0.4, 0.5) is 0 Å². The summed E-state index contributed by atoms with van der Waals surface area (Å²) in [6, 6.07) is 0.167. The molecule has 0 radical (unpaired) electrons. The Morgan fingerprint density at radius 1 is 1.53 bits per heavy atom. The molecule has 2 rings (SSSR count). The van der Waals surface area contributed by atoms with Crippen molar-refractivity contribution in [3.63, 3.8) is 0 Å². The lowest BCUT2D eigenvalue weighted by molar-refractivity contribution is 0.213. The average molecular weight is 208 g/mol. The molecule has 0 bridgehead atoms. The van der Waals surface area contributed by atoms with Gasteiger partial charge in [0.2, 0.25) is 0 Å². The van der Waals surface area contributed by atoms with E-state index in [-0.39, 0.29) is 11.5 Å². The van der Waals surface area contributed by atoms with Gasteiger partial charge in [-0.25, -0.2) is 10.4 Å². The molecule has 1 aromatic rings. The van der Waals surface area contributed by atoms with Gasteiger partial charge in [0, 0.05) is 19.4 Å². The molecule has 1 aliphatic carbocycles. The smallest absolute Gasteiger partial charge is 0.127 e. The minimum atomic E-state index is 0.167. The van der Waals surface area contributed by atoms with E-state index in [1.807, 2.05) is 24.0 Å².